The van der Waals surface area contributed by atoms with Crippen LogP contribution in [0.3, 0.4) is 0 Å². The van der Waals surface area contributed by atoms with Crippen LogP contribution in [0.1, 0.15) is 45.1 Å². The predicted molar refractivity (Wildman–Crippen MR) is 89.2 cm³/mol. The van der Waals surface area contributed by atoms with Crippen molar-refractivity contribution in [1.82, 2.24) is 4.98 Å². The fraction of sp³-hybridized carbons (Fsp3) is 0.526. The van der Waals surface area contributed by atoms with Gasteiger partial charge in [-0.05, 0) is 48.3 Å². The fourth-order valence-electron chi connectivity index (χ4n) is 4.04. The van der Waals surface area contributed by atoms with E-state index >= 15 is 0 Å². The number of rotatable bonds is 3. The molecule has 1 fully saturated rings. The average Bonchev–Trinajstić information content (AvgIpc) is 2.47. The molecule has 2 aromatic rings. The zero-order valence-corrected chi connectivity index (χ0v) is 13.2. The van der Waals surface area contributed by atoms with E-state index in [0.29, 0.717) is 11.3 Å². The molecule has 0 aliphatic heterocycles. The van der Waals surface area contributed by atoms with E-state index in [1.165, 1.54) is 36.6 Å². The Bertz CT molecular complexity index is 612. The molecule has 0 radical (unpaired) electrons. The molecule has 1 heterocycles. The highest BCUT2D eigenvalue weighted by Crippen LogP contribution is 2.42. The van der Waals surface area contributed by atoms with E-state index in [0.717, 1.165) is 11.9 Å². The highest BCUT2D eigenvalue weighted by atomic mass is 14.7. The van der Waals surface area contributed by atoms with Crippen molar-refractivity contribution in [2.45, 2.75) is 52.0 Å². The largest absolute Gasteiger partial charge is 0.327 e. The summed E-state index contributed by atoms with van der Waals surface area (Å²) in [6, 6.07) is 10.8. The third kappa shape index (κ3) is 2.96. The van der Waals surface area contributed by atoms with Crippen molar-refractivity contribution in [2.24, 2.45) is 17.1 Å². The molecule has 1 aliphatic carbocycles. The first-order valence-electron chi connectivity index (χ1n) is 8.16. The summed E-state index contributed by atoms with van der Waals surface area (Å²) in [5, 5.41) is 1.25. The van der Waals surface area contributed by atoms with Crippen LogP contribution < -0.4 is 5.73 Å². The average molecular weight is 282 g/mol. The minimum atomic E-state index is 0.242. The Morgan fingerprint density at radius 1 is 1.24 bits per heavy atom. The first-order valence-corrected chi connectivity index (χ1v) is 8.16. The van der Waals surface area contributed by atoms with Gasteiger partial charge in [-0.3, -0.25) is 4.98 Å². The smallest absolute Gasteiger partial charge is 0.0704 e. The van der Waals surface area contributed by atoms with Crippen molar-refractivity contribution in [3.8, 4) is 0 Å². The van der Waals surface area contributed by atoms with Crippen molar-refractivity contribution in [3.05, 3.63) is 42.1 Å². The molecule has 1 aromatic carbocycles. The Morgan fingerprint density at radius 2 is 2.05 bits per heavy atom. The van der Waals surface area contributed by atoms with Crippen molar-refractivity contribution in [2.75, 3.05) is 0 Å². The molecule has 112 valence electrons. The standard InChI is InChI=1S/C19H26N2/c1-19(2)11-6-5-8-16(19)17(20)13-14-10-12-21-18-9-4-3-7-15(14)18/h3-4,7,9-10,12,16-17H,5-6,8,11,13,20H2,1-2H3. The number of fused-ring (bicyclic) bond motifs is 1. The van der Waals surface area contributed by atoms with Gasteiger partial charge in [0.15, 0.2) is 0 Å². The van der Waals surface area contributed by atoms with Gasteiger partial charge in [-0.25, -0.2) is 0 Å². The van der Waals surface area contributed by atoms with E-state index in [4.69, 9.17) is 5.73 Å². The molecular weight excluding hydrogens is 256 g/mol. The lowest BCUT2D eigenvalue weighted by Gasteiger charge is -2.42. The molecule has 2 N–H and O–H groups in total. The van der Waals surface area contributed by atoms with Crippen molar-refractivity contribution < 1.29 is 0 Å². The summed E-state index contributed by atoms with van der Waals surface area (Å²) >= 11 is 0. The summed E-state index contributed by atoms with van der Waals surface area (Å²) in [6.07, 6.45) is 8.14. The van der Waals surface area contributed by atoms with Crippen LogP contribution in [0.2, 0.25) is 0 Å². The molecule has 0 saturated heterocycles. The lowest BCUT2D eigenvalue weighted by Crippen LogP contribution is -2.43. The van der Waals surface area contributed by atoms with Crippen LogP contribution in [-0.2, 0) is 6.42 Å². The summed E-state index contributed by atoms with van der Waals surface area (Å²) in [4.78, 5) is 4.45. The van der Waals surface area contributed by atoms with Gasteiger partial charge >= 0.3 is 0 Å². The van der Waals surface area contributed by atoms with Gasteiger partial charge in [0.1, 0.15) is 0 Å². The third-order valence-electron chi connectivity index (χ3n) is 5.30. The number of benzene rings is 1. The van der Waals surface area contributed by atoms with Crippen LogP contribution in [0.15, 0.2) is 36.5 Å². The topological polar surface area (TPSA) is 38.9 Å². The molecule has 2 heteroatoms. The van der Waals surface area contributed by atoms with E-state index in [-0.39, 0.29) is 6.04 Å². The van der Waals surface area contributed by atoms with E-state index in [1.54, 1.807) is 0 Å². The second-order valence-electron chi connectivity index (χ2n) is 7.20. The van der Waals surface area contributed by atoms with E-state index in [1.807, 2.05) is 12.3 Å². The van der Waals surface area contributed by atoms with Crippen molar-refractivity contribution in [1.29, 1.82) is 0 Å². The molecule has 1 aromatic heterocycles. The molecule has 2 nitrogen and oxygen atoms in total. The van der Waals surface area contributed by atoms with E-state index in [9.17, 15) is 0 Å². The maximum atomic E-state index is 6.63. The van der Waals surface area contributed by atoms with Crippen LogP contribution in [0, 0.1) is 11.3 Å². The van der Waals surface area contributed by atoms with Crippen LogP contribution >= 0.6 is 0 Å². The number of nitrogens with zero attached hydrogens (tertiary/aromatic N) is 1. The molecule has 3 rings (SSSR count). The Labute approximate surface area is 127 Å². The minimum absolute atomic E-state index is 0.242. The van der Waals surface area contributed by atoms with Crippen LogP contribution in [-0.4, -0.2) is 11.0 Å². The molecule has 21 heavy (non-hydrogen) atoms. The van der Waals surface area contributed by atoms with Gasteiger partial charge < -0.3 is 5.73 Å². The summed E-state index contributed by atoms with van der Waals surface area (Å²) in [5.41, 5.74) is 9.42. The molecule has 1 aliphatic rings. The molecule has 2 atom stereocenters. The van der Waals surface area contributed by atoms with Crippen LogP contribution in [0.25, 0.3) is 10.9 Å². The predicted octanol–water partition coefficient (Wildman–Crippen LogP) is 4.32. The zero-order valence-electron chi connectivity index (χ0n) is 13.2. The zero-order chi connectivity index (χ0) is 14.9. The molecule has 0 bridgehead atoms. The van der Waals surface area contributed by atoms with Gasteiger partial charge in [0.2, 0.25) is 0 Å². The number of hydrogen-bond donors (Lipinski definition) is 1. The van der Waals surface area contributed by atoms with Crippen LogP contribution in [0.4, 0.5) is 0 Å². The summed E-state index contributed by atoms with van der Waals surface area (Å²) < 4.78 is 0. The Morgan fingerprint density at radius 3 is 2.86 bits per heavy atom. The molecule has 0 amide bonds. The normalized spacial score (nSPS) is 23.1. The van der Waals surface area contributed by atoms with E-state index in [2.05, 4.69) is 43.1 Å². The minimum Gasteiger partial charge on any atom is -0.327 e. The fourth-order valence-corrected chi connectivity index (χ4v) is 4.04. The van der Waals surface area contributed by atoms with Gasteiger partial charge in [0.25, 0.3) is 0 Å². The molecule has 2 unspecified atom stereocenters. The van der Waals surface area contributed by atoms with Gasteiger partial charge in [0, 0.05) is 17.6 Å². The summed E-state index contributed by atoms with van der Waals surface area (Å²) in [6.45, 7) is 4.78. The molecule has 1 saturated carbocycles. The highest BCUT2D eigenvalue weighted by molar-refractivity contribution is 5.81. The SMILES string of the molecule is CC1(C)CCCCC1C(N)Cc1ccnc2ccccc12. The number of nitrogens with two attached hydrogens (primary N) is 1. The Balaban J connectivity index is 1.84. The molecular formula is C19H26N2. The lowest BCUT2D eigenvalue weighted by molar-refractivity contribution is 0.112. The highest BCUT2D eigenvalue weighted by Gasteiger charge is 2.35. The lowest BCUT2D eigenvalue weighted by atomic mass is 9.65. The summed E-state index contributed by atoms with van der Waals surface area (Å²) in [5.74, 6) is 0.623. The second kappa shape index (κ2) is 5.76. The monoisotopic (exact) mass is 282 g/mol. The number of para-hydroxylation sites is 1. The number of pyridine rings is 1. The van der Waals surface area contributed by atoms with Crippen LogP contribution in [0.5, 0.6) is 0 Å². The quantitative estimate of drug-likeness (QED) is 0.910. The Kier molecular flexibility index (Phi) is 3.99. The van der Waals surface area contributed by atoms with Gasteiger partial charge in [-0.1, -0.05) is 44.9 Å². The summed E-state index contributed by atoms with van der Waals surface area (Å²) in [7, 11) is 0. The maximum Gasteiger partial charge on any atom is 0.0704 e. The van der Waals surface area contributed by atoms with Gasteiger partial charge in [-0.2, -0.15) is 0 Å². The third-order valence-corrected chi connectivity index (χ3v) is 5.30. The van der Waals surface area contributed by atoms with Crippen molar-refractivity contribution in [3.63, 3.8) is 0 Å². The van der Waals surface area contributed by atoms with Gasteiger partial charge in [0.05, 0.1) is 5.52 Å². The van der Waals surface area contributed by atoms with E-state index < -0.39 is 0 Å². The van der Waals surface area contributed by atoms with Gasteiger partial charge in [-0.15, -0.1) is 0 Å². The second-order valence-corrected chi connectivity index (χ2v) is 7.20. The van der Waals surface area contributed by atoms with Crippen molar-refractivity contribution >= 4 is 10.9 Å². The maximum absolute atomic E-state index is 6.63. The number of hydrogen-bond acceptors (Lipinski definition) is 2. The first kappa shape index (κ1) is 14.5. The number of aromatic nitrogens is 1. The molecule has 0 spiro atoms. The Hall–Kier alpha value is -1.41. The first-order chi connectivity index (χ1) is 10.1.